The Morgan fingerprint density at radius 1 is 0.971 bits per heavy atom. The topological polar surface area (TPSA) is 105 Å². The first kappa shape index (κ1) is 24.8. The molecule has 35 heavy (non-hydrogen) atoms. The number of carbonyl (C=O) groups is 3. The molecule has 0 heterocycles. The lowest BCUT2D eigenvalue weighted by molar-refractivity contribution is -0.143. The van der Waals surface area contributed by atoms with E-state index < -0.39 is 24.0 Å². The van der Waals surface area contributed by atoms with Crippen molar-refractivity contribution in [3.05, 3.63) is 59.7 Å². The van der Waals surface area contributed by atoms with Gasteiger partial charge in [-0.15, -0.1) is 0 Å². The summed E-state index contributed by atoms with van der Waals surface area (Å²) in [6.45, 7) is 4.05. The molecule has 0 aliphatic heterocycles. The number of nitrogens with one attached hydrogen (secondary N) is 2. The summed E-state index contributed by atoms with van der Waals surface area (Å²) in [6, 6.07) is 15.0. The molecule has 3 N–H and O–H groups in total. The second-order valence-corrected chi connectivity index (χ2v) is 10.00. The Labute approximate surface area is 206 Å². The van der Waals surface area contributed by atoms with Crippen molar-refractivity contribution in [1.82, 2.24) is 10.6 Å². The molecule has 1 unspecified atom stereocenters. The molecule has 0 radical (unpaired) electrons. The summed E-state index contributed by atoms with van der Waals surface area (Å²) in [5, 5.41) is 15.1. The van der Waals surface area contributed by atoms with Crippen molar-refractivity contribution in [2.75, 3.05) is 6.61 Å². The highest BCUT2D eigenvalue weighted by Gasteiger charge is 2.35. The molecule has 2 aromatic carbocycles. The van der Waals surface area contributed by atoms with Gasteiger partial charge >= 0.3 is 12.1 Å². The molecule has 2 aliphatic rings. The van der Waals surface area contributed by atoms with E-state index in [1.54, 1.807) is 0 Å². The van der Waals surface area contributed by atoms with Crippen molar-refractivity contribution in [2.24, 2.45) is 11.8 Å². The molecular weight excluding hydrogens is 444 g/mol. The molecular formula is C28H34N2O5. The van der Waals surface area contributed by atoms with E-state index in [0.29, 0.717) is 19.3 Å². The zero-order valence-electron chi connectivity index (χ0n) is 20.3. The van der Waals surface area contributed by atoms with Crippen LogP contribution in [0.2, 0.25) is 0 Å². The summed E-state index contributed by atoms with van der Waals surface area (Å²) in [5.74, 6) is -1.73. The van der Waals surface area contributed by atoms with Crippen LogP contribution >= 0.6 is 0 Å². The van der Waals surface area contributed by atoms with Gasteiger partial charge in [-0.05, 0) is 47.4 Å². The van der Waals surface area contributed by atoms with E-state index >= 15 is 0 Å². The average molecular weight is 479 g/mol. The van der Waals surface area contributed by atoms with Crippen molar-refractivity contribution in [2.45, 2.75) is 64.0 Å². The van der Waals surface area contributed by atoms with Crippen LogP contribution in [0.15, 0.2) is 48.5 Å². The number of aliphatic carboxylic acids is 1. The van der Waals surface area contributed by atoms with Crippen molar-refractivity contribution < 1.29 is 24.2 Å². The number of hydrogen-bond acceptors (Lipinski definition) is 4. The molecule has 7 heteroatoms. The summed E-state index contributed by atoms with van der Waals surface area (Å²) in [6.07, 6.45) is 2.83. The van der Waals surface area contributed by atoms with E-state index in [0.717, 1.165) is 35.1 Å². The Bertz CT molecular complexity index is 1040. The number of ether oxygens (including phenoxy) is 1. The van der Waals surface area contributed by atoms with Gasteiger partial charge < -0.3 is 20.5 Å². The zero-order valence-corrected chi connectivity index (χ0v) is 20.3. The lowest BCUT2D eigenvalue weighted by Gasteiger charge is -2.32. The third-order valence-corrected chi connectivity index (χ3v) is 7.07. The summed E-state index contributed by atoms with van der Waals surface area (Å²) in [5.41, 5.74) is 4.61. The van der Waals surface area contributed by atoms with Crippen LogP contribution in [0, 0.1) is 11.8 Å². The highest BCUT2D eigenvalue weighted by molar-refractivity contribution is 5.86. The summed E-state index contributed by atoms with van der Waals surface area (Å²) < 4.78 is 5.67. The number of carbonyl (C=O) groups excluding carboxylic acids is 2. The fourth-order valence-electron chi connectivity index (χ4n) is 5.38. The van der Waals surface area contributed by atoms with E-state index in [1.807, 2.05) is 38.1 Å². The summed E-state index contributed by atoms with van der Waals surface area (Å²) in [4.78, 5) is 37.3. The van der Waals surface area contributed by atoms with E-state index in [1.165, 1.54) is 0 Å². The van der Waals surface area contributed by atoms with Crippen LogP contribution in [0.5, 0.6) is 0 Å². The lowest BCUT2D eigenvalue weighted by Crippen LogP contribution is -2.52. The molecule has 0 bridgehead atoms. The molecule has 186 valence electrons. The van der Waals surface area contributed by atoms with E-state index in [9.17, 15) is 19.5 Å². The van der Waals surface area contributed by atoms with Gasteiger partial charge in [0.05, 0.1) is 5.92 Å². The Morgan fingerprint density at radius 3 is 2.17 bits per heavy atom. The number of benzene rings is 2. The average Bonchev–Trinajstić information content (AvgIpc) is 3.16. The molecule has 2 aliphatic carbocycles. The quantitative estimate of drug-likeness (QED) is 0.510. The maximum Gasteiger partial charge on any atom is 0.407 e. The first-order valence-electron chi connectivity index (χ1n) is 12.5. The molecule has 0 spiro atoms. The first-order chi connectivity index (χ1) is 16.8. The first-order valence-corrected chi connectivity index (χ1v) is 12.5. The van der Waals surface area contributed by atoms with Crippen LogP contribution in [0.3, 0.4) is 0 Å². The van der Waals surface area contributed by atoms with Crippen LogP contribution in [-0.4, -0.2) is 41.8 Å². The second-order valence-electron chi connectivity index (χ2n) is 10.00. The van der Waals surface area contributed by atoms with Gasteiger partial charge in [-0.3, -0.25) is 4.79 Å². The molecule has 3 atom stereocenters. The number of carboxylic acid groups (broad SMARTS) is 1. The van der Waals surface area contributed by atoms with Crippen molar-refractivity contribution in [1.29, 1.82) is 0 Å². The SMILES string of the molecule is CC(C)CC(NC(=O)[C@@H]1CCCC[C@@H]1NC(=O)OCC1c2ccccc2-c2ccccc21)C(=O)O. The van der Waals surface area contributed by atoms with Gasteiger partial charge in [-0.1, -0.05) is 75.2 Å². The normalized spacial score (nSPS) is 20.0. The smallest absolute Gasteiger partial charge is 0.407 e. The van der Waals surface area contributed by atoms with Crippen LogP contribution in [0.1, 0.15) is 63.0 Å². The van der Waals surface area contributed by atoms with Crippen molar-refractivity contribution >= 4 is 18.0 Å². The number of hydrogen-bond donors (Lipinski definition) is 3. The number of alkyl carbamates (subject to hydrolysis) is 1. The van der Waals surface area contributed by atoms with E-state index in [4.69, 9.17) is 4.74 Å². The summed E-state index contributed by atoms with van der Waals surface area (Å²) >= 11 is 0. The third-order valence-electron chi connectivity index (χ3n) is 7.07. The largest absolute Gasteiger partial charge is 0.480 e. The molecule has 1 fully saturated rings. The highest BCUT2D eigenvalue weighted by Crippen LogP contribution is 2.44. The van der Waals surface area contributed by atoms with E-state index in [-0.39, 0.29) is 30.4 Å². The minimum Gasteiger partial charge on any atom is -0.480 e. The zero-order chi connectivity index (χ0) is 24.9. The fourth-order valence-corrected chi connectivity index (χ4v) is 5.38. The predicted octanol–water partition coefficient (Wildman–Crippen LogP) is 4.70. The van der Waals surface area contributed by atoms with Crippen molar-refractivity contribution in [3.63, 3.8) is 0 Å². The molecule has 2 aromatic rings. The van der Waals surface area contributed by atoms with E-state index in [2.05, 4.69) is 34.9 Å². The number of rotatable bonds is 8. The number of amides is 2. The van der Waals surface area contributed by atoms with Crippen LogP contribution in [0.4, 0.5) is 4.79 Å². The third kappa shape index (κ3) is 5.66. The second kappa shape index (κ2) is 10.9. The van der Waals surface area contributed by atoms with Crippen LogP contribution in [0.25, 0.3) is 11.1 Å². The molecule has 4 rings (SSSR count). The van der Waals surface area contributed by atoms with Crippen molar-refractivity contribution in [3.8, 4) is 11.1 Å². The molecule has 0 saturated heterocycles. The highest BCUT2D eigenvalue weighted by atomic mass is 16.5. The monoisotopic (exact) mass is 478 g/mol. The number of carboxylic acids is 1. The van der Waals surface area contributed by atoms with Gasteiger partial charge in [-0.2, -0.15) is 0 Å². The molecule has 2 amide bonds. The van der Waals surface area contributed by atoms with Gasteiger partial charge in [0.1, 0.15) is 12.6 Å². The molecule has 0 aromatic heterocycles. The molecule has 7 nitrogen and oxygen atoms in total. The van der Waals surface area contributed by atoms with Gasteiger partial charge in [0.15, 0.2) is 0 Å². The number of fused-ring (bicyclic) bond motifs is 3. The van der Waals surface area contributed by atoms with Gasteiger partial charge in [-0.25, -0.2) is 9.59 Å². The fraction of sp³-hybridized carbons (Fsp3) is 0.464. The lowest BCUT2D eigenvalue weighted by atomic mass is 9.83. The van der Waals surface area contributed by atoms with Gasteiger partial charge in [0, 0.05) is 12.0 Å². The molecule has 1 saturated carbocycles. The minimum absolute atomic E-state index is 0.0361. The standard InChI is InChI=1S/C28H34N2O5/c1-17(2)15-25(27(32)33)29-26(31)22-13-7-8-14-24(22)30-28(34)35-16-23-20-11-5-3-9-18(20)19-10-4-6-12-21(19)23/h3-6,9-12,17,22-25H,7-8,13-16H2,1-2H3,(H,29,31)(H,30,34)(H,32,33)/t22-,24+,25?/m1/s1. The van der Waals surface area contributed by atoms with Gasteiger partial charge in [0.25, 0.3) is 0 Å². The van der Waals surface area contributed by atoms with Gasteiger partial charge in [0.2, 0.25) is 5.91 Å². The minimum atomic E-state index is -1.04. The Kier molecular flexibility index (Phi) is 7.73. The van der Waals surface area contributed by atoms with Crippen LogP contribution in [-0.2, 0) is 14.3 Å². The maximum atomic E-state index is 13.0. The Morgan fingerprint density at radius 2 is 1.57 bits per heavy atom. The predicted molar refractivity (Wildman–Crippen MR) is 133 cm³/mol. The van der Waals surface area contributed by atoms with Crippen LogP contribution < -0.4 is 10.6 Å². The maximum absolute atomic E-state index is 13.0. The Balaban J connectivity index is 1.38. The Hall–Kier alpha value is -3.35. The summed E-state index contributed by atoms with van der Waals surface area (Å²) in [7, 11) is 0.